The van der Waals surface area contributed by atoms with Gasteiger partial charge < -0.3 is 0 Å². The number of rotatable bonds is 8. The van der Waals surface area contributed by atoms with Crippen LogP contribution in [0.15, 0.2) is 30.4 Å². The highest BCUT2D eigenvalue weighted by Crippen LogP contribution is 2.48. The monoisotopic (exact) mass is 428 g/mol. The lowest BCUT2D eigenvalue weighted by Crippen LogP contribution is -2.30. The predicted molar refractivity (Wildman–Crippen MR) is 127 cm³/mol. The first-order valence-corrected chi connectivity index (χ1v) is 13.3. The van der Waals surface area contributed by atoms with Crippen LogP contribution < -0.4 is 0 Å². The molecular weight excluding hydrogens is 386 g/mol. The van der Waals surface area contributed by atoms with Gasteiger partial charge in [-0.1, -0.05) is 63.6 Å². The average Bonchev–Trinajstić information content (AvgIpc) is 2.78. The second-order valence-electron chi connectivity index (χ2n) is 10.9. The minimum atomic E-state index is -1.48. The van der Waals surface area contributed by atoms with Crippen LogP contribution in [0.4, 0.5) is 8.78 Å². The number of unbranched alkanes of at least 4 members (excludes halogenated alkanes) is 4. The van der Waals surface area contributed by atoms with Crippen molar-refractivity contribution in [1.82, 2.24) is 0 Å². The molecule has 0 aromatic heterocycles. The number of benzene rings is 1. The molecule has 0 nitrogen and oxygen atoms in total. The van der Waals surface area contributed by atoms with E-state index in [1.807, 2.05) is 0 Å². The van der Waals surface area contributed by atoms with Crippen LogP contribution in [0.2, 0.25) is 0 Å². The lowest BCUT2D eigenvalue weighted by molar-refractivity contribution is 0.132. The molecule has 0 saturated heterocycles. The normalized spacial score (nSPS) is 30.4. The second-order valence-corrected chi connectivity index (χ2v) is 10.9. The summed E-state index contributed by atoms with van der Waals surface area (Å²) in [5.74, 6) is 3.12. The minimum absolute atomic E-state index is 0.117. The molecule has 0 N–H and O–H groups in total. The molecule has 5 atom stereocenters. The molecule has 1 aromatic rings. The zero-order chi connectivity index (χ0) is 21.6. The van der Waals surface area contributed by atoms with E-state index in [2.05, 4.69) is 25.1 Å². The standard InChI is InChI=1S/C29H42F2/c1-2-3-4-5-6-7-21-8-10-25-19-27(14-12-23(25)16-21)28-15-13-24-17-22(18-29(30)31)9-11-26(24)20-28/h12,14,18-19,21-22,24,26,28H,2-11,13,15-17,20H2,1H3. The van der Waals surface area contributed by atoms with Crippen LogP contribution >= 0.6 is 0 Å². The smallest absolute Gasteiger partial charge is 0.174 e. The van der Waals surface area contributed by atoms with Crippen molar-refractivity contribution < 1.29 is 8.78 Å². The lowest BCUT2D eigenvalue weighted by Gasteiger charge is -2.42. The first kappa shape index (κ1) is 23.0. The third-order valence-corrected chi connectivity index (χ3v) is 8.76. The van der Waals surface area contributed by atoms with E-state index in [1.165, 1.54) is 83.1 Å². The lowest BCUT2D eigenvalue weighted by atomic mass is 9.63. The fourth-order valence-electron chi connectivity index (χ4n) is 6.95. The van der Waals surface area contributed by atoms with E-state index in [1.54, 1.807) is 16.7 Å². The zero-order valence-electron chi connectivity index (χ0n) is 19.6. The van der Waals surface area contributed by atoms with E-state index < -0.39 is 6.08 Å². The van der Waals surface area contributed by atoms with E-state index in [4.69, 9.17) is 0 Å². The van der Waals surface area contributed by atoms with Crippen LogP contribution in [0.25, 0.3) is 0 Å². The van der Waals surface area contributed by atoms with E-state index in [9.17, 15) is 8.78 Å². The second kappa shape index (κ2) is 11.1. The predicted octanol–water partition coefficient (Wildman–Crippen LogP) is 9.23. The van der Waals surface area contributed by atoms with Gasteiger partial charge in [-0.2, -0.15) is 8.78 Å². The highest BCUT2D eigenvalue weighted by Gasteiger charge is 2.36. The van der Waals surface area contributed by atoms with Crippen LogP contribution in [-0.2, 0) is 12.8 Å². The molecule has 3 aliphatic carbocycles. The maximum absolute atomic E-state index is 12.7. The first-order chi connectivity index (χ1) is 15.1. The van der Waals surface area contributed by atoms with Gasteiger partial charge in [0, 0.05) is 0 Å². The molecule has 3 aliphatic rings. The summed E-state index contributed by atoms with van der Waals surface area (Å²) in [5, 5.41) is 0. The highest BCUT2D eigenvalue weighted by molar-refractivity contribution is 5.36. The molecular formula is C29H42F2. The summed E-state index contributed by atoms with van der Waals surface area (Å²) in [7, 11) is 0. The van der Waals surface area contributed by atoms with Gasteiger partial charge in [0.2, 0.25) is 0 Å². The molecule has 0 radical (unpaired) electrons. The maximum Gasteiger partial charge on any atom is 0.266 e. The molecule has 0 aliphatic heterocycles. The molecule has 2 saturated carbocycles. The molecule has 4 rings (SSSR count). The molecule has 0 amide bonds. The third-order valence-electron chi connectivity index (χ3n) is 8.76. The quantitative estimate of drug-likeness (QED) is 0.362. The van der Waals surface area contributed by atoms with Gasteiger partial charge in [0.25, 0.3) is 6.08 Å². The van der Waals surface area contributed by atoms with E-state index in [-0.39, 0.29) is 5.92 Å². The molecule has 0 bridgehead atoms. The minimum Gasteiger partial charge on any atom is -0.174 e. The van der Waals surface area contributed by atoms with Crippen LogP contribution in [0.5, 0.6) is 0 Å². The molecule has 0 heterocycles. The summed E-state index contributed by atoms with van der Waals surface area (Å²) >= 11 is 0. The average molecular weight is 429 g/mol. The van der Waals surface area contributed by atoms with E-state index in [0.717, 1.165) is 31.1 Å². The Balaban J connectivity index is 1.29. The Kier molecular flexibility index (Phi) is 8.24. The molecule has 2 heteroatoms. The summed E-state index contributed by atoms with van der Waals surface area (Å²) < 4.78 is 25.3. The first-order valence-electron chi connectivity index (χ1n) is 13.3. The Morgan fingerprint density at radius 2 is 1.71 bits per heavy atom. The molecule has 5 unspecified atom stereocenters. The summed E-state index contributed by atoms with van der Waals surface area (Å²) in [4.78, 5) is 0. The van der Waals surface area contributed by atoms with Crippen molar-refractivity contribution in [3.05, 3.63) is 47.0 Å². The van der Waals surface area contributed by atoms with Crippen molar-refractivity contribution in [3.8, 4) is 0 Å². The highest BCUT2D eigenvalue weighted by atomic mass is 19.3. The number of aryl methyl sites for hydroxylation is 1. The van der Waals surface area contributed by atoms with Gasteiger partial charge in [-0.25, -0.2) is 0 Å². The van der Waals surface area contributed by atoms with Gasteiger partial charge in [0.05, 0.1) is 0 Å². The van der Waals surface area contributed by atoms with Gasteiger partial charge in [-0.05, 0) is 110 Å². The van der Waals surface area contributed by atoms with Crippen molar-refractivity contribution in [2.75, 3.05) is 0 Å². The van der Waals surface area contributed by atoms with Crippen molar-refractivity contribution in [1.29, 1.82) is 0 Å². The number of hydrogen-bond donors (Lipinski definition) is 0. The van der Waals surface area contributed by atoms with Gasteiger partial charge in [-0.15, -0.1) is 0 Å². The molecule has 2 fully saturated rings. The van der Waals surface area contributed by atoms with Crippen molar-refractivity contribution in [2.45, 2.75) is 109 Å². The van der Waals surface area contributed by atoms with Crippen LogP contribution in [0.3, 0.4) is 0 Å². The Hall–Kier alpha value is -1.18. The van der Waals surface area contributed by atoms with Crippen molar-refractivity contribution in [2.24, 2.45) is 23.7 Å². The third kappa shape index (κ3) is 6.20. The Morgan fingerprint density at radius 3 is 2.55 bits per heavy atom. The van der Waals surface area contributed by atoms with Gasteiger partial charge in [0.1, 0.15) is 0 Å². The Labute approximate surface area is 188 Å². The van der Waals surface area contributed by atoms with Crippen LogP contribution in [0.1, 0.15) is 113 Å². The number of fused-ring (bicyclic) bond motifs is 2. The largest absolute Gasteiger partial charge is 0.266 e. The van der Waals surface area contributed by atoms with E-state index >= 15 is 0 Å². The van der Waals surface area contributed by atoms with Crippen molar-refractivity contribution in [3.63, 3.8) is 0 Å². The number of hydrogen-bond acceptors (Lipinski definition) is 0. The fraction of sp³-hybridized carbons (Fsp3) is 0.724. The molecule has 1 aromatic carbocycles. The number of allylic oxidation sites excluding steroid dienone is 1. The molecule has 172 valence electrons. The summed E-state index contributed by atoms with van der Waals surface area (Å²) in [6.45, 7) is 2.29. The summed E-state index contributed by atoms with van der Waals surface area (Å²) in [6, 6.07) is 7.43. The summed E-state index contributed by atoms with van der Waals surface area (Å²) in [6.07, 6.45) is 18.9. The van der Waals surface area contributed by atoms with Crippen molar-refractivity contribution >= 4 is 0 Å². The van der Waals surface area contributed by atoms with Gasteiger partial charge >= 0.3 is 0 Å². The SMILES string of the molecule is CCCCCCCC1CCc2cc(C3CCC4CC(C=C(F)F)CCC4C3)ccc2C1. The van der Waals surface area contributed by atoms with E-state index in [0.29, 0.717) is 11.8 Å². The summed E-state index contributed by atoms with van der Waals surface area (Å²) in [5.41, 5.74) is 4.80. The fourth-order valence-corrected chi connectivity index (χ4v) is 6.95. The maximum atomic E-state index is 12.7. The van der Waals surface area contributed by atoms with Gasteiger partial charge in [-0.3, -0.25) is 0 Å². The molecule has 0 spiro atoms. The van der Waals surface area contributed by atoms with Gasteiger partial charge in [0.15, 0.2) is 0 Å². The van der Waals surface area contributed by atoms with Crippen LogP contribution in [-0.4, -0.2) is 0 Å². The molecule has 31 heavy (non-hydrogen) atoms. The zero-order valence-corrected chi connectivity index (χ0v) is 19.6. The topological polar surface area (TPSA) is 0 Å². The Bertz CT molecular complexity index is 732. The Morgan fingerprint density at radius 1 is 0.903 bits per heavy atom. The van der Waals surface area contributed by atoms with Crippen LogP contribution in [0, 0.1) is 23.7 Å². The number of halogens is 2.